The lowest BCUT2D eigenvalue weighted by molar-refractivity contribution is 0.216. The van der Waals surface area contributed by atoms with E-state index in [0.29, 0.717) is 34.6 Å². The summed E-state index contributed by atoms with van der Waals surface area (Å²) in [6, 6.07) is 17.0. The average Bonchev–Trinajstić information content (AvgIpc) is 3.24. The first-order chi connectivity index (χ1) is 15.2. The van der Waals surface area contributed by atoms with Gasteiger partial charge in [0.05, 0.1) is 13.7 Å². The second-order valence-corrected chi connectivity index (χ2v) is 7.69. The molecule has 0 spiro atoms. The number of benzene rings is 2. The van der Waals surface area contributed by atoms with E-state index in [1.165, 1.54) is 0 Å². The SMILES string of the molecule is COc1ccccc1Oc1ccc(N2CCC(Oc3ncccc3Cl)C2)c(CCO)c1. The zero-order valence-electron chi connectivity index (χ0n) is 17.3. The predicted octanol–water partition coefficient (Wildman–Crippen LogP) is 4.73. The first kappa shape index (κ1) is 21.3. The van der Waals surface area contributed by atoms with E-state index in [9.17, 15) is 5.11 Å². The van der Waals surface area contributed by atoms with Gasteiger partial charge in [-0.1, -0.05) is 23.7 Å². The van der Waals surface area contributed by atoms with E-state index in [0.717, 1.165) is 30.8 Å². The van der Waals surface area contributed by atoms with Gasteiger partial charge in [0.15, 0.2) is 11.5 Å². The van der Waals surface area contributed by atoms with Crippen molar-refractivity contribution in [2.45, 2.75) is 18.9 Å². The maximum atomic E-state index is 9.60. The summed E-state index contributed by atoms with van der Waals surface area (Å²) < 4.78 is 17.4. The first-order valence-corrected chi connectivity index (χ1v) is 10.6. The van der Waals surface area contributed by atoms with Crippen LogP contribution in [0.3, 0.4) is 0 Å². The molecule has 0 saturated carbocycles. The highest BCUT2D eigenvalue weighted by Gasteiger charge is 2.26. The van der Waals surface area contributed by atoms with Crippen LogP contribution in [0, 0.1) is 0 Å². The number of ether oxygens (including phenoxy) is 3. The molecule has 1 unspecified atom stereocenters. The Morgan fingerprint density at radius 2 is 1.97 bits per heavy atom. The highest BCUT2D eigenvalue weighted by molar-refractivity contribution is 6.31. The number of halogens is 1. The lowest BCUT2D eigenvalue weighted by Gasteiger charge is -2.23. The normalized spacial score (nSPS) is 15.7. The molecule has 2 aromatic carbocycles. The molecule has 7 heteroatoms. The van der Waals surface area contributed by atoms with Gasteiger partial charge in [-0.15, -0.1) is 0 Å². The number of nitrogens with zero attached hydrogens (tertiary/aromatic N) is 2. The Bertz CT molecular complexity index is 1030. The zero-order valence-corrected chi connectivity index (χ0v) is 18.1. The number of pyridine rings is 1. The van der Waals surface area contributed by atoms with E-state index < -0.39 is 0 Å². The molecular weight excluding hydrogens is 416 g/mol. The van der Waals surface area contributed by atoms with Crippen molar-refractivity contribution in [3.8, 4) is 23.1 Å². The second-order valence-electron chi connectivity index (χ2n) is 7.28. The highest BCUT2D eigenvalue weighted by atomic mass is 35.5. The minimum Gasteiger partial charge on any atom is -0.493 e. The molecule has 0 bridgehead atoms. The standard InChI is InChI=1S/C24H25ClN2O4/c1-29-22-6-2-3-7-23(22)30-18-8-9-21(17(15-18)11-14-28)27-13-10-19(16-27)31-24-20(25)5-4-12-26-24/h2-9,12,15,19,28H,10-11,13-14,16H2,1H3. The minimum absolute atomic E-state index is 0.00103. The van der Waals surface area contributed by atoms with Gasteiger partial charge in [-0.05, 0) is 54.4 Å². The predicted molar refractivity (Wildman–Crippen MR) is 121 cm³/mol. The van der Waals surface area contributed by atoms with Gasteiger partial charge < -0.3 is 24.2 Å². The molecule has 3 aromatic rings. The van der Waals surface area contributed by atoms with Crippen molar-refractivity contribution in [2.75, 3.05) is 31.7 Å². The lowest BCUT2D eigenvalue weighted by atomic mass is 10.1. The van der Waals surface area contributed by atoms with Crippen LogP contribution in [0.5, 0.6) is 23.1 Å². The van der Waals surface area contributed by atoms with Gasteiger partial charge in [-0.2, -0.15) is 0 Å². The minimum atomic E-state index is -0.00103. The van der Waals surface area contributed by atoms with Crippen molar-refractivity contribution < 1.29 is 19.3 Å². The largest absolute Gasteiger partial charge is 0.493 e. The van der Waals surface area contributed by atoms with Crippen LogP contribution in [0.1, 0.15) is 12.0 Å². The van der Waals surface area contributed by atoms with E-state index in [4.69, 9.17) is 25.8 Å². The molecule has 1 aliphatic rings. The number of anilines is 1. The molecule has 31 heavy (non-hydrogen) atoms. The number of rotatable bonds is 8. The topological polar surface area (TPSA) is 64.1 Å². The van der Waals surface area contributed by atoms with Gasteiger partial charge in [0, 0.05) is 31.5 Å². The molecule has 6 nitrogen and oxygen atoms in total. The van der Waals surface area contributed by atoms with Crippen molar-refractivity contribution in [1.82, 2.24) is 4.98 Å². The van der Waals surface area contributed by atoms with Gasteiger partial charge in [-0.25, -0.2) is 4.98 Å². The van der Waals surface area contributed by atoms with Crippen LogP contribution in [0.4, 0.5) is 5.69 Å². The Labute approximate surface area is 187 Å². The van der Waals surface area contributed by atoms with Gasteiger partial charge in [0.1, 0.15) is 16.9 Å². The van der Waals surface area contributed by atoms with Crippen LogP contribution < -0.4 is 19.1 Å². The average molecular weight is 441 g/mol. The number of aliphatic hydroxyl groups excluding tert-OH is 1. The van der Waals surface area contributed by atoms with Crippen LogP contribution >= 0.6 is 11.6 Å². The van der Waals surface area contributed by atoms with Crippen LogP contribution in [-0.4, -0.2) is 43.0 Å². The first-order valence-electron chi connectivity index (χ1n) is 10.2. The third kappa shape index (κ3) is 5.03. The number of hydrogen-bond donors (Lipinski definition) is 1. The number of hydrogen-bond acceptors (Lipinski definition) is 6. The number of para-hydroxylation sites is 2. The van der Waals surface area contributed by atoms with Gasteiger partial charge in [0.25, 0.3) is 0 Å². The summed E-state index contributed by atoms with van der Waals surface area (Å²) in [6.45, 7) is 1.63. The van der Waals surface area contributed by atoms with Crippen molar-refractivity contribution >= 4 is 17.3 Å². The Hall–Kier alpha value is -2.96. The molecule has 0 radical (unpaired) electrons. The van der Waals surface area contributed by atoms with E-state index in [2.05, 4.69) is 9.88 Å². The van der Waals surface area contributed by atoms with E-state index >= 15 is 0 Å². The zero-order chi connectivity index (χ0) is 21.6. The summed E-state index contributed by atoms with van der Waals surface area (Å²) in [5.74, 6) is 2.48. The molecule has 0 aliphatic carbocycles. The van der Waals surface area contributed by atoms with Crippen LogP contribution in [0.2, 0.25) is 5.02 Å². The maximum absolute atomic E-state index is 9.60. The Kier molecular flexibility index (Phi) is 6.79. The van der Waals surface area contributed by atoms with E-state index in [1.807, 2.05) is 42.5 Å². The van der Waals surface area contributed by atoms with Crippen molar-refractivity contribution in [3.63, 3.8) is 0 Å². The molecule has 1 atom stereocenters. The lowest BCUT2D eigenvalue weighted by Crippen LogP contribution is -2.25. The van der Waals surface area contributed by atoms with Crippen LogP contribution in [-0.2, 0) is 6.42 Å². The smallest absolute Gasteiger partial charge is 0.232 e. The quantitative estimate of drug-likeness (QED) is 0.546. The third-order valence-corrected chi connectivity index (χ3v) is 5.51. The summed E-state index contributed by atoms with van der Waals surface area (Å²) in [5, 5.41) is 10.1. The summed E-state index contributed by atoms with van der Waals surface area (Å²) in [4.78, 5) is 6.48. The van der Waals surface area contributed by atoms with Gasteiger partial charge in [-0.3, -0.25) is 0 Å². The van der Waals surface area contributed by atoms with Crippen molar-refractivity contribution in [2.24, 2.45) is 0 Å². The van der Waals surface area contributed by atoms with Crippen LogP contribution in [0.15, 0.2) is 60.8 Å². The van der Waals surface area contributed by atoms with Crippen molar-refractivity contribution in [3.05, 3.63) is 71.4 Å². The second kappa shape index (κ2) is 9.90. The Morgan fingerprint density at radius 3 is 2.74 bits per heavy atom. The van der Waals surface area contributed by atoms with Crippen LogP contribution in [0.25, 0.3) is 0 Å². The van der Waals surface area contributed by atoms with Crippen molar-refractivity contribution in [1.29, 1.82) is 0 Å². The number of aromatic nitrogens is 1. The molecule has 2 heterocycles. The molecule has 1 aromatic heterocycles. The molecule has 0 amide bonds. The summed E-state index contributed by atoms with van der Waals surface area (Å²) in [7, 11) is 1.62. The summed E-state index contributed by atoms with van der Waals surface area (Å²) in [6.07, 6.45) is 3.07. The fourth-order valence-electron chi connectivity index (χ4n) is 3.74. The number of aliphatic hydroxyl groups is 1. The molecule has 1 saturated heterocycles. The number of methoxy groups -OCH3 is 1. The molecular formula is C24H25ClN2O4. The molecule has 1 fully saturated rings. The van der Waals surface area contributed by atoms with Gasteiger partial charge in [0.2, 0.25) is 5.88 Å². The fourth-order valence-corrected chi connectivity index (χ4v) is 3.91. The Morgan fingerprint density at radius 1 is 1.13 bits per heavy atom. The maximum Gasteiger partial charge on any atom is 0.232 e. The van der Waals surface area contributed by atoms with E-state index in [-0.39, 0.29) is 12.7 Å². The highest BCUT2D eigenvalue weighted by Crippen LogP contribution is 2.35. The molecule has 4 rings (SSSR count). The summed E-state index contributed by atoms with van der Waals surface area (Å²) >= 11 is 6.18. The monoisotopic (exact) mass is 440 g/mol. The third-order valence-electron chi connectivity index (χ3n) is 5.22. The summed E-state index contributed by atoms with van der Waals surface area (Å²) in [5.41, 5.74) is 2.09. The molecule has 162 valence electrons. The van der Waals surface area contributed by atoms with Gasteiger partial charge >= 0.3 is 0 Å². The van der Waals surface area contributed by atoms with E-state index in [1.54, 1.807) is 25.4 Å². The Balaban J connectivity index is 1.50. The molecule has 1 aliphatic heterocycles. The fraction of sp³-hybridized carbons (Fsp3) is 0.292. The molecule has 1 N–H and O–H groups in total.